The van der Waals surface area contributed by atoms with Crippen LogP contribution in [0.25, 0.3) is 0 Å². The number of unbranched alkanes of at least 4 members (excludes halogenated alkanes) is 15. The van der Waals surface area contributed by atoms with Crippen molar-refractivity contribution in [1.29, 1.82) is 0 Å². The van der Waals surface area contributed by atoms with Gasteiger partial charge in [0.2, 0.25) is 0 Å². The molecule has 0 aliphatic carbocycles. The first-order valence-electron chi connectivity index (χ1n) is 13.5. The lowest BCUT2D eigenvalue weighted by Gasteiger charge is -2.30. The van der Waals surface area contributed by atoms with Gasteiger partial charge in [-0.25, -0.2) is 4.79 Å². The fourth-order valence-electron chi connectivity index (χ4n) is 4.15. The Bertz CT molecular complexity index is 320. The van der Waals surface area contributed by atoms with E-state index < -0.39 is 6.16 Å². The van der Waals surface area contributed by atoms with Gasteiger partial charge in [0.1, 0.15) is 0 Å². The minimum atomic E-state index is -1.25. The Morgan fingerprint density at radius 2 is 0.839 bits per heavy atom. The average Bonchev–Trinajstić information content (AvgIpc) is 2.76. The number of rotatable bonds is 21. The number of hydrogen-bond acceptors (Lipinski definition) is 2. The molecule has 0 saturated carbocycles. The van der Waals surface area contributed by atoms with Gasteiger partial charge >= 0.3 is 6.16 Å². The van der Waals surface area contributed by atoms with Crippen molar-refractivity contribution in [3.63, 3.8) is 0 Å². The first kappa shape index (κ1) is 32.9. The smallest absolute Gasteiger partial charge is 0.450 e. The summed E-state index contributed by atoms with van der Waals surface area (Å²) in [7, 11) is 4.44. The number of carbonyl (C=O) groups is 1. The second kappa shape index (κ2) is 26.0. The summed E-state index contributed by atoms with van der Waals surface area (Å²) in [6, 6.07) is 0. The summed E-state index contributed by atoms with van der Waals surface area (Å²) in [5, 5.41) is 8.06. The molecule has 0 amide bonds. The van der Waals surface area contributed by atoms with Gasteiger partial charge in [0.15, 0.2) is 0 Å². The Morgan fingerprint density at radius 3 is 1.06 bits per heavy atom. The Balaban J connectivity index is 0. The molecule has 0 aromatic carbocycles. The number of carboxylic acid groups (broad SMARTS) is 1. The van der Waals surface area contributed by atoms with Crippen molar-refractivity contribution >= 4 is 15.4 Å². The van der Waals surface area contributed by atoms with Crippen molar-refractivity contribution in [2.75, 3.05) is 7.11 Å². The van der Waals surface area contributed by atoms with Crippen LogP contribution in [0.1, 0.15) is 156 Å². The lowest BCUT2D eigenvalue weighted by molar-refractivity contribution is 0.114. The van der Waals surface area contributed by atoms with E-state index in [0.29, 0.717) is 5.16 Å². The summed E-state index contributed by atoms with van der Waals surface area (Å²) < 4.78 is 3.67. The highest BCUT2D eigenvalue weighted by Gasteiger charge is 2.23. The molecular weight excluding hydrogens is 403 g/mol. The van der Waals surface area contributed by atoms with Crippen LogP contribution in [0.2, 0.25) is 0 Å². The molecule has 1 N–H and O–H groups in total. The van der Waals surface area contributed by atoms with Crippen molar-refractivity contribution in [2.45, 2.75) is 161 Å². The van der Waals surface area contributed by atoms with Crippen LogP contribution in [0.15, 0.2) is 0 Å². The van der Waals surface area contributed by atoms with Crippen molar-refractivity contribution in [3.05, 3.63) is 0 Å². The van der Waals surface area contributed by atoms with Crippen molar-refractivity contribution < 1.29 is 14.6 Å². The third-order valence-electron chi connectivity index (χ3n) is 6.26. The van der Waals surface area contributed by atoms with Crippen LogP contribution < -0.4 is 0 Å². The summed E-state index contributed by atoms with van der Waals surface area (Å²) in [5.41, 5.74) is 0. The predicted molar refractivity (Wildman–Crippen MR) is 141 cm³/mol. The molecule has 0 radical (unpaired) electrons. The molecule has 0 aromatic rings. The van der Waals surface area contributed by atoms with E-state index in [2.05, 4.69) is 34.7 Å². The SMILES string of the molecule is CCCCCCCCC(P)(CCCCCCCC)CCCCCCCC.COC(=O)O. The Morgan fingerprint density at radius 1 is 0.613 bits per heavy atom. The number of hydrogen-bond donors (Lipinski definition) is 1. The summed E-state index contributed by atoms with van der Waals surface area (Å²) in [4.78, 5) is 9.15. The first-order valence-corrected chi connectivity index (χ1v) is 14.1. The minimum Gasteiger partial charge on any atom is -0.450 e. The maximum Gasteiger partial charge on any atom is 0.505 e. The monoisotopic (exact) mass is 460 g/mol. The van der Waals surface area contributed by atoms with Gasteiger partial charge < -0.3 is 9.84 Å². The van der Waals surface area contributed by atoms with Crippen LogP contribution in [-0.4, -0.2) is 23.5 Å². The molecule has 3 nitrogen and oxygen atoms in total. The fourth-order valence-corrected chi connectivity index (χ4v) is 4.76. The molecule has 0 saturated heterocycles. The summed E-state index contributed by atoms with van der Waals surface area (Å²) >= 11 is 0. The van der Waals surface area contributed by atoms with Crippen molar-refractivity contribution in [3.8, 4) is 0 Å². The Hall–Kier alpha value is -0.300. The van der Waals surface area contributed by atoms with Crippen molar-refractivity contribution in [2.24, 2.45) is 0 Å². The molecule has 0 spiro atoms. The summed E-state index contributed by atoms with van der Waals surface area (Å²) in [6.07, 6.45) is 29.0. The van der Waals surface area contributed by atoms with Gasteiger partial charge in [0.25, 0.3) is 0 Å². The van der Waals surface area contributed by atoms with E-state index in [1.54, 1.807) is 0 Å². The first-order chi connectivity index (χ1) is 15.0. The van der Waals surface area contributed by atoms with Crippen LogP contribution in [-0.2, 0) is 4.74 Å². The molecule has 188 valence electrons. The van der Waals surface area contributed by atoms with Gasteiger partial charge in [-0.1, -0.05) is 136 Å². The van der Waals surface area contributed by atoms with E-state index in [1.165, 1.54) is 135 Å². The van der Waals surface area contributed by atoms with Crippen LogP contribution in [0, 0.1) is 0 Å². The molecule has 1 atom stereocenters. The standard InChI is InChI=1S/C25H53P.C2H4O3/c1-4-7-10-13-16-19-22-25(26,23-20-17-14-11-8-5-2)24-21-18-15-12-9-6-3;1-5-2(3)4/h4-24,26H2,1-3H3;1H3,(H,3,4). The molecule has 0 fully saturated rings. The van der Waals surface area contributed by atoms with E-state index in [-0.39, 0.29) is 0 Å². The van der Waals surface area contributed by atoms with E-state index in [9.17, 15) is 0 Å². The Labute approximate surface area is 198 Å². The van der Waals surface area contributed by atoms with E-state index in [1.807, 2.05) is 0 Å². The second-order valence-electron chi connectivity index (χ2n) is 9.39. The van der Waals surface area contributed by atoms with Crippen LogP contribution in [0.5, 0.6) is 0 Å². The highest BCUT2D eigenvalue weighted by atomic mass is 31.0. The average molecular weight is 461 g/mol. The molecule has 4 heteroatoms. The number of ether oxygens (including phenoxy) is 1. The van der Waals surface area contributed by atoms with Gasteiger partial charge in [0.05, 0.1) is 7.11 Å². The molecule has 0 heterocycles. The number of methoxy groups -OCH3 is 1. The third kappa shape index (κ3) is 27.7. The highest BCUT2D eigenvalue weighted by molar-refractivity contribution is 7.19. The van der Waals surface area contributed by atoms with Crippen LogP contribution in [0.4, 0.5) is 4.79 Å². The van der Waals surface area contributed by atoms with E-state index in [0.717, 1.165) is 7.11 Å². The zero-order valence-corrected chi connectivity index (χ0v) is 22.8. The molecule has 31 heavy (non-hydrogen) atoms. The van der Waals surface area contributed by atoms with Gasteiger partial charge in [-0.2, -0.15) is 0 Å². The molecule has 0 aromatic heterocycles. The van der Waals surface area contributed by atoms with E-state index in [4.69, 9.17) is 9.90 Å². The van der Waals surface area contributed by atoms with Crippen molar-refractivity contribution in [1.82, 2.24) is 0 Å². The Kier molecular flexibility index (Phi) is 27.5. The fraction of sp³-hybridized carbons (Fsp3) is 0.963. The van der Waals surface area contributed by atoms with Crippen LogP contribution >= 0.6 is 9.24 Å². The summed E-state index contributed by atoms with van der Waals surface area (Å²) in [5.74, 6) is 0. The molecule has 0 aliphatic heterocycles. The van der Waals surface area contributed by atoms with Crippen LogP contribution in [0.3, 0.4) is 0 Å². The van der Waals surface area contributed by atoms with Gasteiger partial charge in [-0.05, 0) is 24.4 Å². The second-order valence-corrected chi connectivity index (χ2v) is 10.6. The third-order valence-corrected chi connectivity index (χ3v) is 7.13. The van der Waals surface area contributed by atoms with Gasteiger partial charge in [0, 0.05) is 0 Å². The molecule has 0 rings (SSSR count). The molecular formula is C27H57O3P. The van der Waals surface area contributed by atoms with E-state index >= 15 is 0 Å². The normalized spacial score (nSPS) is 11.1. The lowest BCUT2D eigenvalue weighted by Crippen LogP contribution is -2.20. The van der Waals surface area contributed by atoms with Gasteiger partial charge in [-0.15, -0.1) is 9.24 Å². The minimum absolute atomic E-state index is 0.556. The lowest BCUT2D eigenvalue weighted by atomic mass is 9.88. The maximum absolute atomic E-state index is 9.15. The largest absolute Gasteiger partial charge is 0.505 e. The highest BCUT2D eigenvalue weighted by Crippen LogP contribution is 2.37. The summed E-state index contributed by atoms with van der Waals surface area (Å²) in [6.45, 7) is 6.94. The van der Waals surface area contributed by atoms with Gasteiger partial charge in [-0.3, -0.25) is 0 Å². The molecule has 0 aliphatic rings. The quantitative estimate of drug-likeness (QED) is 0.105. The molecule has 1 unspecified atom stereocenters. The topological polar surface area (TPSA) is 46.5 Å². The predicted octanol–water partition coefficient (Wildman–Crippen LogP) is 10.2. The maximum atomic E-state index is 9.15. The molecule has 0 bridgehead atoms. The zero-order chi connectivity index (χ0) is 23.6. The zero-order valence-electron chi connectivity index (χ0n) is 21.7.